The van der Waals surface area contributed by atoms with Crippen molar-refractivity contribution in [3.05, 3.63) is 87.0 Å². The van der Waals surface area contributed by atoms with E-state index in [4.69, 9.17) is 11.6 Å². The number of anilines is 1. The average molecular weight is 358 g/mol. The number of aromatic nitrogens is 2. The fourth-order valence-electron chi connectivity index (χ4n) is 2.33. The highest BCUT2D eigenvalue weighted by atomic mass is 35.5. The van der Waals surface area contributed by atoms with E-state index in [9.17, 15) is 14.0 Å². The van der Waals surface area contributed by atoms with Gasteiger partial charge in [-0.05, 0) is 37.3 Å². The predicted molar refractivity (Wildman–Crippen MR) is 93.9 cm³/mol. The van der Waals surface area contributed by atoms with Gasteiger partial charge in [-0.1, -0.05) is 29.8 Å². The van der Waals surface area contributed by atoms with Crippen LogP contribution in [0.5, 0.6) is 0 Å². The number of nitrogens with one attached hydrogen (secondary N) is 1. The van der Waals surface area contributed by atoms with E-state index < -0.39 is 17.2 Å². The van der Waals surface area contributed by atoms with E-state index in [1.807, 2.05) is 0 Å². The quantitative estimate of drug-likeness (QED) is 0.779. The van der Waals surface area contributed by atoms with Gasteiger partial charge in [0.05, 0.1) is 0 Å². The van der Waals surface area contributed by atoms with Gasteiger partial charge in [-0.15, -0.1) is 0 Å². The number of amides is 1. The van der Waals surface area contributed by atoms with E-state index in [1.54, 1.807) is 43.3 Å². The molecule has 0 bridgehead atoms. The molecule has 1 N–H and O–H groups in total. The molecule has 1 amide bonds. The van der Waals surface area contributed by atoms with E-state index in [1.165, 1.54) is 22.9 Å². The number of benzene rings is 2. The number of para-hydroxylation sites is 1. The second-order valence-corrected chi connectivity index (χ2v) is 5.76. The molecule has 3 rings (SSSR count). The molecule has 0 fully saturated rings. The van der Waals surface area contributed by atoms with Crippen LogP contribution in [0.15, 0.2) is 59.4 Å². The Kier molecular flexibility index (Phi) is 4.63. The van der Waals surface area contributed by atoms with Gasteiger partial charge in [-0.2, -0.15) is 5.10 Å². The predicted octanol–water partition coefficient (Wildman–Crippen LogP) is 3.59. The van der Waals surface area contributed by atoms with Gasteiger partial charge in [0.15, 0.2) is 5.69 Å². The number of halogens is 2. The number of carbonyl (C=O) groups is 1. The number of nitrogens with zero attached hydrogens (tertiary/aromatic N) is 2. The molecule has 25 heavy (non-hydrogen) atoms. The minimum atomic E-state index is -0.697. The summed E-state index contributed by atoms with van der Waals surface area (Å²) in [7, 11) is 0. The highest BCUT2D eigenvalue weighted by molar-refractivity contribution is 6.30. The molecule has 2 aromatic carbocycles. The zero-order chi connectivity index (χ0) is 18.0. The van der Waals surface area contributed by atoms with Crippen LogP contribution < -0.4 is 10.7 Å². The Bertz CT molecular complexity index is 1020. The first-order valence-corrected chi connectivity index (χ1v) is 7.76. The normalized spacial score (nSPS) is 10.5. The standard InChI is InChI=1S/C18H13ClFN3O2/c1-11-9-16(24)17(18(25)21-13-6-4-5-12(19)10-13)22-23(11)15-8-3-2-7-14(15)20/h2-10H,1H3,(H,21,25). The van der Waals surface area contributed by atoms with E-state index in [0.717, 1.165) is 0 Å². The van der Waals surface area contributed by atoms with E-state index >= 15 is 0 Å². The zero-order valence-corrected chi connectivity index (χ0v) is 13.9. The minimum Gasteiger partial charge on any atom is -0.320 e. The smallest absolute Gasteiger partial charge is 0.280 e. The molecule has 1 heterocycles. The van der Waals surface area contributed by atoms with Gasteiger partial charge in [-0.3, -0.25) is 9.59 Å². The summed E-state index contributed by atoms with van der Waals surface area (Å²) < 4.78 is 15.3. The molecule has 7 heteroatoms. The number of rotatable bonds is 3. The fourth-order valence-corrected chi connectivity index (χ4v) is 2.52. The Morgan fingerprint density at radius 3 is 2.64 bits per heavy atom. The molecule has 0 saturated heterocycles. The summed E-state index contributed by atoms with van der Waals surface area (Å²) in [5.74, 6) is -1.21. The van der Waals surface area contributed by atoms with Crippen molar-refractivity contribution in [2.75, 3.05) is 5.32 Å². The van der Waals surface area contributed by atoms with Crippen LogP contribution in [0.3, 0.4) is 0 Å². The minimum absolute atomic E-state index is 0.150. The molecule has 0 saturated carbocycles. The van der Waals surface area contributed by atoms with Crippen molar-refractivity contribution in [1.29, 1.82) is 0 Å². The van der Waals surface area contributed by atoms with Gasteiger partial charge in [0, 0.05) is 22.5 Å². The summed E-state index contributed by atoms with van der Waals surface area (Å²) in [5.41, 5.74) is 0.0985. The van der Waals surface area contributed by atoms with Crippen molar-refractivity contribution in [2.45, 2.75) is 6.92 Å². The zero-order valence-electron chi connectivity index (χ0n) is 13.2. The van der Waals surface area contributed by atoms with Gasteiger partial charge >= 0.3 is 0 Å². The maximum Gasteiger partial charge on any atom is 0.280 e. The van der Waals surface area contributed by atoms with Crippen molar-refractivity contribution in [3.8, 4) is 5.69 Å². The molecule has 0 unspecified atom stereocenters. The van der Waals surface area contributed by atoms with Crippen LogP contribution in [0.25, 0.3) is 5.69 Å². The molecule has 126 valence electrons. The number of hydrogen-bond donors (Lipinski definition) is 1. The molecule has 0 radical (unpaired) electrons. The van der Waals surface area contributed by atoms with Gasteiger partial charge in [0.25, 0.3) is 5.91 Å². The molecule has 0 aliphatic rings. The third-order valence-electron chi connectivity index (χ3n) is 3.49. The van der Waals surface area contributed by atoms with Gasteiger partial charge in [0.1, 0.15) is 11.5 Å². The lowest BCUT2D eigenvalue weighted by Crippen LogP contribution is -2.27. The van der Waals surface area contributed by atoms with Crippen molar-refractivity contribution in [3.63, 3.8) is 0 Å². The van der Waals surface area contributed by atoms with Crippen molar-refractivity contribution >= 4 is 23.2 Å². The number of hydrogen-bond acceptors (Lipinski definition) is 3. The van der Waals surface area contributed by atoms with Gasteiger partial charge < -0.3 is 5.32 Å². The van der Waals surface area contributed by atoms with E-state index in [2.05, 4.69) is 10.4 Å². The summed E-state index contributed by atoms with van der Waals surface area (Å²) in [5, 5.41) is 7.04. The van der Waals surface area contributed by atoms with Crippen LogP contribution in [0, 0.1) is 12.7 Å². The SMILES string of the molecule is Cc1cc(=O)c(C(=O)Nc2cccc(Cl)c2)nn1-c1ccccc1F. The average Bonchev–Trinajstić information content (AvgIpc) is 2.56. The summed E-state index contributed by atoms with van der Waals surface area (Å²) in [4.78, 5) is 24.6. The first-order valence-electron chi connectivity index (χ1n) is 7.38. The summed E-state index contributed by atoms with van der Waals surface area (Å²) >= 11 is 5.87. The topological polar surface area (TPSA) is 64.0 Å². The molecule has 5 nitrogen and oxygen atoms in total. The Morgan fingerprint density at radius 1 is 1.16 bits per heavy atom. The summed E-state index contributed by atoms with van der Waals surface area (Å²) in [6.07, 6.45) is 0. The van der Waals surface area contributed by atoms with Crippen molar-refractivity contribution < 1.29 is 9.18 Å². The maximum atomic E-state index is 14.0. The lowest BCUT2D eigenvalue weighted by atomic mass is 10.2. The summed E-state index contributed by atoms with van der Waals surface area (Å²) in [6, 6.07) is 13.7. The van der Waals surface area contributed by atoms with Crippen molar-refractivity contribution in [2.24, 2.45) is 0 Å². The maximum absolute atomic E-state index is 14.0. The van der Waals surface area contributed by atoms with Crippen LogP contribution in [0.2, 0.25) is 5.02 Å². The van der Waals surface area contributed by atoms with Crippen LogP contribution in [0.4, 0.5) is 10.1 Å². The monoisotopic (exact) mass is 357 g/mol. The first-order chi connectivity index (χ1) is 12.0. The van der Waals surface area contributed by atoms with Crippen LogP contribution in [0.1, 0.15) is 16.2 Å². The van der Waals surface area contributed by atoms with Gasteiger partial charge in [-0.25, -0.2) is 9.07 Å². The van der Waals surface area contributed by atoms with Gasteiger partial charge in [0.2, 0.25) is 5.43 Å². The molecule has 3 aromatic rings. The molecule has 0 aliphatic heterocycles. The van der Waals surface area contributed by atoms with E-state index in [-0.39, 0.29) is 11.4 Å². The van der Waals surface area contributed by atoms with Crippen molar-refractivity contribution in [1.82, 2.24) is 9.78 Å². The fraction of sp³-hybridized carbons (Fsp3) is 0.0556. The molecular formula is C18H13ClFN3O2. The highest BCUT2D eigenvalue weighted by Gasteiger charge is 2.17. The Morgan fingerprint density at radius 2 is 1.92 bits per heavy atom. The van der Waals surface area contributed by atoms with E-state index in [0.29, 0.717) is 16.4 Å². The molecular weight excluding hydrogens is 345 g/mol. The highest BCUT2D eigenvalue weighted by Crippen LogP contribution is 2.16. The molecule has 0 spiro atoms. The number of carbonyl (C=O) groups excluding carboxylic acids is 1. The molecule has 0 aliphatic carbocycles. The largest absolute Gasteiger partial charge is 0.320 e. The lowest BCUT2D eigenvalue weighted by Gasteiger charge is -2.12. The number of aryl methyl sites for hydroxylation is 1. The van der Waals surface area contributed by atoms with Crippen LogP contribution >= 0.6 is 11.6 Å². The van der Waals surface area contributed by atoms with Crippen LogP contribution in [-0.2, 0) is 0 Å². The Hall–Kier alpha value is -2.99. The third kappa shape index (κ3) is 3.59. The molecule has 0 atom stereocenters. The Labute approximate surface area is 147 Å². The third-order valence-corrected chi connectivity index (χ3v) is 3.72. The second kappa shape index (κ2) is 6.86. The summed E-state index contributed by atoms with van der Waals surface area (Å²) in [6.45, 7) is 1.61. The Balaban J connectivity index is 2.02. The first kappa shape index (κ1) is 16.9. The van der Waals surface area contributed by atoms with Crippen LogP contribution in [-0.4, -0.2) is 15.7 Å². The second-order valence-electron chi connectivity index (χ2n) is 5.33. The lowest BCUT2D eigenvalue weighted by molar-refractivity contribution is 0.101. The molecule has 1 aromatic heterocycles.